The Bertz CT molecular complexity index is 1090. The summed E-state index contributed by atoms with van der Waals surface area (Å²) in [4.78, 5) is 7.18. The number of thiazole rings is 1. The zero-order valence-corrected chi connectivity index (χ0v) is 33.5. The van der Waals surface area contributed by atoms with Gasteiger partial charge in [0, 0.05) is 13.6 Å². The molecular weight excluding hydrogens is 565 g/mol. The van der Waals surface area contributed by atoms with Gasteiger partial charge in [0.05, 0.1) is 9.88 Å². The highest BCUT2D eigenvalue weighted by atomic mass is 32.1. The molecular formula is C42H76N2S. The second kappa shape index (κ2) is 27.0. The summed E-state index contributed by atoms with van der Waals surface area (Å²) < 4.78 is 1.24. The molecule has 0 saturated heterocycles. The quantitative estimate of drug-likeness (QED) is 0.254. The molecule has 2 nitrogen and oxygen atoms in total. The van der Waals surface area contributed by atoms with Gasteiger partial charge in [-0.2, -0.15) is 0 Å². The van der Waals surface area contributed by atoms with Crippen LogP contribution in [0.15, 0.2) is 55.6 Å². The second-order valence-corrected chi connectivity index (χ2v) is 13.8. The maximum Gasteiger partial charge on any atom is 0.186 e. The Morgan fingerprint density at radius 2 is 1.53 bits per heavy atom. The van der Waals surface area contributed by atoms with E-state index >= 15 is 0 Å². The first kappa shape index (κ1) is 47.3. The fourth-order valence-corrected chi connectivity index (χ4v) is 6.79. The van der Waals surface area contributed by atoms with Gasteiger partial charge in [-0.15, -0.1) is 19.7 Å². The van der Waals surface area contributed by atoms with E-state index in [1.165, 1.54) is 66.2 Å². The molecule has 2 atom stereocenters. The lowest BCUT2D eigenvalue weighted by molar-refractivity contribution is 0.189. The van der Waals surface area contributed by atoms with Crippen LogP contribution in [0, 0.1) is 16.7 Å². The van der Waals surface area contributed by atoms with Gasteiger partial charge in [-0.3, -0.25) is 0 Å². The Morgan fingerprint density at radius 1 is 1.00 bits per heavy atom. The van der Waals surface area contributed by atoms with Crippen molar-refractivity contribution < 1.29 is 0 Å². The lowest BCUT2D eigenvalue weighted by Gasteiger charge is -2.34. The Hall–Kier alpha value is -2.13. The SMILES string of the molecule is C=C.C=C(C)CC(C)(C)C.C=c1nc(N(C)CCC2(CC)CCCC2C)s/c1=C(/CC)c1ccccc1.CC.CC.CCCC. The van der Waals surface area contributed by atoms with Crippen molar-refractivity contribution in [3.63, 3.8) is 0 Å². The van der Waals surface area contributed by atoms with Crippen LogP contribution in [-0.4, -0.2) is 18.6 Å². The number of rotatable bonds is 9. The Kier molecular flexibility index (Phi) is 28.4. The van der Waals surface area contributed by atoms with E-state index in [0.717, 1.165) is 35.8 Å². The van der Waals surface area contributed by atoms with Gasteiger partial charge >= 0.3 is 0 Å². The summed E-state index contributed by atoms with van der Waals surface area (Å²) >= 11 is 1.80. The summed E-state index contributed by atoms with van der Waals surface area (Å²) in [6, 6.07) is 10.7. The van der Waals surface area contributed by atoms with Crippen molar-refractivity contribution in [2.24, 2.45) is 16.7 Å². The van der Waals surface area contributed by atoms with E-state index in [4.69, 9.17) is 4.98 Å². The highest BCUT2D eigenvalue weighted by Gasteiger charge is 2.38. The van der Waals surface area contributed by atoms with Gasteiger partial charge in [-0.25, -0.2) is 4.98 Å². The van der Waals surface area contributed by atoms with Crippen molar-refractivity contribution in [2.45, 2.75) is 148 Å². The highest BCUT2D eigenvalue weighted by molar-refractivity contribution is 7.13. The molecule has 0 aliphatic heterocycles. The molecule has 1 aliphatic carbocycles. The zero-order chi connectivity index (χ0) is 35.6. The fraction of sp³-hybridized carbons (Fsp3) is 0.643. The van der Waals surface area contributed by atoms with Gasteiger partial charge in [-0.1, -0.05) is 169 Å². The Labute approximate surface area is 286 Å². The van der Waals surface area contributed by atoms with E-state index in [1.54, 1.807) is 11.3 Å². The number of aromatic nitrogens is 1. The van der Waals surface area contributed by atoms with Crippen LogP contribution in [-0.2, 0) is 0 Å². The number of nitrogens with zero attached hydrogens (tertiary/aromatic N) is 2. The van der Waals surface area contributed by atoms with Crippen LogP contribution >= 0.6 is 11.3 Å². The number of hydrogen-bond donors (Lipinski definition) is 0. The zero-order valence-electron chi connectivity index (χ0n) is 32.7. The van der Waals surface area contributed by atoms with E-state index in [9.17, 15) is 0 Å². The minimum atomic E-state index is 0.422. The molecule has 0 bridgehead atoms. The van der Waals surface area contributed by atoms with E-state index < -0.39 is 0 Å². The molecule has 0 spiro atoms. The van der Waals surface area contributed by atoms with Crippen LogP contribution in [0.4, 0.5) is 5.13 Å². The molecule has 1 saturated carbocycles. The average Bonchev–Trinajstić information content (AvgIpc) is 3.61. The molecule has 0 N–H and O–H groups in total. The minimum Gasteiger partial charge on any atom is -0.351 e. The summed E-state index contributed by atoms with van der Waals surface area (Å²) in [6.45, 7) is 43.3. The molecule has 1 heterocycles. The lowest BCUT2D eigenvalue weighted by Crippen LogP contribution is -2.30. The number of benzene rings is 1. The monoisotopic (exact) mass is 641 g/mol. The Balaban J connectivity index is -0.000000816. The van der Waals surface area contributed by atoms with Gasteiger partial charge in [0.15, 0.2) is 5.13 Å². The fourth-order valence-electron chi connectivity index (χ4n) is 5.65. The lowest BCUT2D eigenvalue weighted by atomic mass is 9.74. The number of unbranched alkanes of at least 4 members (excludes halogenated alkanes) is 1. The predicted octanol–water partition coefficient (Wildman–Crippen LogP) is 12.9. The molecule has 260 valence electrons. The molecule has 1 aromatic carbocycles. The molecule has 1 aromatic heterocycles. The third-order valence-corrected chi connectivity index (χ3v) is 9.37. The molecule has 1 aliphatic rings. The molecule has 45 heavy (non-hydrogen) atoms. The third kappa shape index (κ3) is 18.6. The summed E-state index contributed by atoms with van der Waals surface area (Å²) in [5.41, 5.74) is 4.87. The molecule has 2 unspecified atom stereocenters. The van der Waals surface area contributed by atoms with Crippen LogP contribution in [0.1, 0.15) is 153 Å². The second-order valence-electron chi connectivity index (χ2n) is 12.8. The van der Waals surface area contributed by atoms with Crippen LogP contribution < -0.4 is 14.8 Å². The third-order valence-electron chi connectivity index (χ3n) is 8.10. The summed E-state index contributed by atoms with van der Waals surface area (Å²) in [6.07, 6.45) is 11.5. The average molecular weight is 641 g/mol. The summed E-state index contributed by atoms with van der Waals surface area (Å²) in [5, 5.41) is 2.02. The van der Waals surface area contributed by atoms with Gasteiger partial charge in [0.1, 0.15) is 0 Å². The predicted molar refractivity (Wildman–Crippen MR) is 213 cm³/mol. The normalized spacial score (nSPS) is 17.2. The highest BCUT2D eigenvalue weighted by Crippen LogP contribution is 2.48. The van der Waals surface area contributed by atoms with Crippen LogP contribution in [0.5, 0.6) is 0 Å². The van der Waals surface area contributed by atoms with Gasteiger partial charge in [-0.05, 0) is 60.5 Å². The van der Waals surface area contributed by atoms with Crippen LogP contribution in [0.3, 0.4) is 0 Å². The summed E-state index contributed by atoms with van der Waals surface area (Å²) in [5.74, 6) is 0.851. The van der Waals surface area contributed by atoms with Crippen molar-refractivity contribution in [3.8, 4) is 0 Å². The van der Waals surface area contributed by atoms with E-state index in [1.807, 2.05) is 27.7 Å². The molecule has 3 rings (SSSR count). The van der Waals surface area contributed by atoms with Crippen molar-refractivity contribution in [1.82, 2.24) is 4.98 Å². The van der Waals surface area contributed by atoms with Crippen LogP contribution in [0.2, 0.25) is 0 Å². The summed E-state index contributed by atoms with van der Waals surface area (Å²) in [7, 11) is 2.19. The number of anilines is 1. The first-order valence-corrected chi connectivity index (χ1v) is 18.8. The smallest absolute Gasteiger partial charge is 0.186 e. The van der Waals surface area contributed by atoms with Gasteiger partial charge < -0.3 is 4.90 Å². The van der Waals surface area contributed by atoms with Crippen molar-refractivity contribution in [1.29, 1.82) is 0 Å². The molecule has 0 amide bonds. The molecule has 3 heteroatoms. The largest absolute Gasteiger partial charge is 0.351 e. The molecule has 0 radical (unpaired) electrons. The Morgan fingerprint density at radius 3 is 1.89 bits per heavy atom. The van der Waals surface area contributed by atoms with Gasteiger partial charge in [0.2, 0.25) is 0 Å². The molecule has 2 aromatic rings. The number of allylic oxidation sites excluding steroid dienone is 1. The van der Waals surface area contributed by atoms with Crippen molar-refractivity contribution >= 4 is 28.6 Å². The topological polar surface area (TPSA) is 16.1 Å². The van der Waals surface area contributed by atoms with E-state index in [0.29, 0.717) is 10.8 Å². The van der Waals surface area contributed by atoms with Gasteiger partial charge in [0.25, 0.3) is 0 Å². The van der Waals surface area contributed by atoms with Crippen molar-refractivity contribution in [2.75, 3.05) is 18.5 Å². The first-order valence-electron chi connectivity index (χ1n) is 17.9. The van der Waals surface area contributed by atoms with Crippen LogP contribution in [0.25, 0.3) is 12.2 Å². The van der Waals surface area contributed by atoms with Crippen molar-refractivity contribution in [3.05, 3.63) is 71.1 Å². The number of hydrogen-bond acceptors (Lipinski definition) is 3. The van der Waals surface area contributed by atoms with E-state index in [2.05, 4.69) is 131 Å². The molecule has 1 fully saturated rings. The maximum atomic E-state index is 4.83. The van der Waals surface area contributed by atoms with E-state index in [-0.39, 0.29) is 0 Å². The standard InChI is InChI=1S/C24H34N2S.C8H16.C4H10.2C2H6.C2H4/c1-6-21(20-13-9-8-10-14-20)22-19(4)25-23(27-22)26(5)17-16-24(7-2)15-11-12-18(24)3;1-7(2)6-8(3,4)5;1-3-4-2;3*1-2/h8-10,13-14,18H,4,6-7,11-12,15-17H2,1-3,5H3;1,6H2,2-5H3;3-4H2,1-2H3;2*1-2H3;1-2H2/b22-21-;;;;;. The minimum absolute atomic E-state index is 0.422. The first-order chi connectivity index (χ1) is 21.3. The maximum absolute atomic E-state index is 4.83.